The monoisotopic (exact) mass is 1330 g/mol. The number of unbranched alkanes of at least 4 members (excludes halogenated alkanes) is 66. The number of esters is 1. The van der Waals surface area contributed by atoms with Crippen molar-refractivity contribution in [3.05, 3.63) is 36.5 Å². The van der Waals surface area contributed by atoms with Gasteiger partial charge in [0.1, 0.15) is 0 Å². The van der Waals surface area contributed by atoms with Gasteiger partial charge in [-0.3, -0.25) is 9.59 Å². The normalized spacial score (nSPS) is 12.6. The van der Waals surface area contributed by atoms with Gasteiger partial charge < -0.3 is 20.3 Å². The number of hydrogen-bond acceptors (Lipinski definition) is 5. The molecule has 0 aliphatic rings. The summed E-state index contributed by atoms with van der Waals surface area (Å²) in [6.45, 7) is 5.01. The predicted octanol–water partition coefficient (Wildman–Crippen LogP) is 29.3. The fourth-order valence-electron chi connectivity index (χ4n) is 14.0. The van der Waals surface area contributed by atoms with Gasteiger partial charge in [0, 0.05) is 12.8 Å². The third-order valence-electron chi connectivity index (χ3n) is 20.7. The molecule has 0 aromatic rings. The number of rotatable bonds is 83. The molecule has 0 aliphatic carbocycles. The van der Waals surface area contributed by atoms with Gasteiger partial charge in [-0.1, -0.05) is 436 Å². The van der Waals surface area contributed by atoms with Gasteiger partial charge in [0.2, 0.25) is 5.91 Å². The molecule has 0 radical (unpaired) electrons. The highest BCUT2D eigenvalue weighted by Gasteiger charge is 2.20. The van der Waals surface area contributed by atoms with E-state index in [0.717, 1.165) is 44.9 Å². The zero-order valence-corrected chi connectivity index (χ0v) is 64.7. The molecule has 0 aromatic heterocycles. The molecule has 95 heavy (non-hydrogen) atoms. The zero-order valence-electron chi connectivity index (χ0n) is 64.7. The average Bonchev–Trinajstić information content (AvgIpc) is 2.96. The van der Waals surface area contributed by atoms with Crippen molar-refractivity contribution < 1.29 is 24.5 Å². The van der Waals surface area contributed by atoms with E-state index >= 15 is 0 Å². The number of allylic oxidation sites excluding steroid dienone is 6. The number of ether oxygens (including phenoxy) is 1. The maximum atomic E-state index is 12.6. The first-order valence-electron chi connectivity index (χ1n) is 43.7. The molecule has 0 spiro atoms. The topological polar surface area (TPSA) is 95.9 Å². The van der Waals surface area contributed by atoms with E-state index in [1.54, 1.807) is 0 Å². The van der Waals surface area contributed by atoms with E-state index in [9.17, 15) is 19.8 Å². The summed E-state index contributed by atoms with van der Waals surface area (Å²) in [5.41, 5.74) is 0. The Kier molecular flexibility index (Phi) is 82.8. The molecule has 0 rings (SSSR count). The molecule has 0 aliphatic heterocycles. The van der Waals surface area contributed by atoms with Crippen molar-refractivity contribution in [1.29, 1.82) is 0 Å². The molecule has 1 amide bonds. The molecular weight excluding hydrogens is 1160 g/mol. The Morgan fingerprint density at radius 3 is 0.811 bits per heavy atom. The van der Waals surface area contributed by atoms with Crippen LogP contribution in [0.1, 0.15) is 495 Å². The quantitative estimate of drug-likeness (QED) is 0.0320. The number of amides is 1. The molecule has 0 saturated carbocycles. The van der Waals surface area contributed by atoms with Crippen LogP contribution in [0.4, 0.5) is 0 Å². The van der Waals surface area contributed by atoms with Crippen LogP contribution in [0.15, 0.2) is 36.5 Å². The van der Waals surface area contributed by atoms with Crippen molar-refractivity contribution in [2.45, 2.75) is 508 Å². The van der Waals surface area contributed by atoms with E-state index in [2.05, 4.69) is 55.6 Å². The summed E-state index contributed by atoms with van der Waals surface area (Å²) < 4.78 is 5.52. The maximum Gasteiger partial charge on any atom is 0.305 e. The SMILES string of the molecule is CCCCCCCC/C=C\CCCCCCCCCCCC(=O)OCCCCCCCCCCCCCCCCC/C=C\C/C=C\CCCCCCCCCCCCCCCCCCCC(=O)NC(CO)C(O)CCCCCCCCCCCCCCCCCCCCCC. The second-order valence-electron chi connectivity index (χ2n) is 30.2. The lowest BCUT2D eigenvalue weighted by atomic mass is 10.0. The van der Waals surface area contributed by atoms with Gasteiger partial charge in [0.15, 0.2) is 0 Å². The molecular formula is C89H171NO5. The summed E-state index contributed by atoms with van der Waals surface area (Å²) in [4.78, 5) is 24.7. The lowest BCUT2D eigenvalue weighted by Gasteiger charge is -2.22. The summed E-state index contributed by atoms with van der Waals surface area (Å²) in [7, 11) is 0. The molecule has 0 heterocycles. The number of aliphatic hydroxyl groups excluding tert-OH is 2. The molecule has 6 heteroatoms. The first kappa shape index (κ1) is 93.1. The van der Waals surface area contributed by atoms with Crippen molar-refractivity contribution in [2.24, 2.45) is 0 Å². The molecule has 0 saturated heterocycles. The van der Waals surface area contributed by atoms with Crippen molar-refractivity contribution in [2.75, 3.05) is 13.2 Å². The molecule has 0 bridgehead atoms. The van der Waals surface area contributed by atoms with Gasteiger partial charge in [-0.2, -0.15) is 0 Å². The summed E-state index contributed by atoms with van der Waals surface area (Å²) in [5.74, 6) is -0.00573. The number of carbonyl (C=O) groups excluding carboxylic acids is 2. The second-order valence-corrected chi connectivity index (χ2v) is 30.2. The minimum Gasteiger partial charge on any atom is -0.466 e. The second kappa shape index (κ2) is 84.5. The predicted molar refractivity (Wildman–Crippen MR) is 421 cm³/mol. The molecule has 562 valence electrons. The first-order valence-corrected chi connectivity index (χ1v) is 43.7. The lowest BCUT2D eigenvalue weighted by Crippen LogP contribution is -2.45. The average molecular weight is 1340 g/mol. The standard InChI is InChI=1S/C89H171NO5/c1-3-5-7-9-11-13-15-17-19-21-23-46-49-53-57-61-65-69-73-77-81-87(92)86(85-91)90-88(93)82-78-74-70-66-62-58-54-50-47-43-41-39-37-35-33-31-29-27-25-24-26-28-30-32-34-36-38-40-42-44-48-52-56-60-64-68-72-76-80-84-95-89(94)83-79-75-71-67-63-59-55-51-45-22-20-18-16-14-12-10-8-6-4-2/h18,20,24-25,28,30,86-87,91-92H,3-17,19,21-23,26-27,29,31-85H2,1-2H3,(H,90,93)/b20-18-,25-24-,30-28-. The van der Waals surface area contributed by atoms with E-state index in [1.165, 1.54) is 417 Å². The minimum absolute atomic E-state index is 0.0209. The fraction of sp³-hybridized carbons (Fsp3) is 0.910. The Bertz CT molecular complexity index is 1540. The van der Waals surface area contributed by atoms with Crippen molar-refractivity contribution in [3.63, 3.8) is 0 Å². The Labute approximate surface area is 595 Å². The van der Waals surface area contributed by atoms with Crippen LogP contribution in [0.5, 0.6) is 0 Å². The van der Waals surface area contributed by atoms with Gasteiger partial charge in [0.05, 0.1) is 25.4 Å². The highest BCUT2D eigenvalue weighted by molar-refractivity contribution is 5.76. The third kappa shape index (κ3) is 80.9. The molecule has 3 N–H and O–H groups in total. The van der Waals surface area contributed by atoms with E-state index in [4.69, 9.17) is 4.74 Å². The molecule has 6 nitrogen and oxygen atoms in total. The first-order chi connectivity index (χ1) is 47.0. The van der Waals surface area contributed by atoms with Crippen LogP contribution in [0, 0.1) is 0 Å². The van der Waals surface area contributed by atoms with E-state index < -0.39 is 12.1 Å². The van der Waals surface area contributed by atoms with E-state index in [-0.39, 0.29) is 18.5 Å². The van der Waals surface area contributed by atoms with Crippen LogP contribution in [-0.2, 0) is 14.3 Å². The van der Waals surface area contributed by atoms with Crippen LogP contribution >= 0.6 is 0 Å². The van der Waals surface area contributed by atoms with Gasteiger partial charge in [-0.15, -0.1) is 0 Å². The van der Waals surface area contributed by atoms with Gasteiger partial charge >= 0.3 is 5.97 Å². The molecule has 0 fully saturated rings. The van der Waals surface area contributed by atoms with Gasteiger partial charge in [0.25, 0.3) is 0 Å². The number of nitrogens with one attached hydrogen (secondary N) is 1. The fourth-order valence-corrected chi connectivity index (χ4v) is 14.0. The summed E-state index contributed by atoms with van der Waals surface area (Å²) in [6, 6.07) is -0.540. The molecule has 2 unspecified atom stereocenters. The number of hydrogen-bond donors (Lipinski definition) is 3. The Morgan fingerprint density at radius 1 is 0.295 bits per heavy atom. The van der Waals surface area contributed by atoms with Crippen molar-refractivity contribution in [1.82, 2.24) is 5.32 Å². The van der Waals surface area contributed by atoms with E-state index in [0.29, 0.717) is 25.9 Å². The maximum absolute atomic E-state index is 12.6. The van der Waals surface area contributed by atoms with E-state index in [1.807, 2.05) is 0 Å². The van der Waals surface area contributed by atoms with Crippen molar-refractivity contribution in [3.8, 4) is 0 Å². The lowest BCUT2D eigenvalue weighted by molar-refractivity contribution is -0.143. The van der Waals surface area contributed by atoms with Crippen LogP contribution in [0.3, 0.4) is 0 Å². The van der Waals surface area contributed by atoms with Crippen LogP contribution in [-0.4, -0.2) is 47.4 Å². The van der Waals surface area contributed by atoms with Crippen molar-refractivity contribution >= 4 is 11.9 Å². The van der Waals surface area contributed by atoms with Crippen LogP contribution in [0.25, 0.3) is 0 Å². The summed E-state index contributed by atoms with van der Waals surface area (Å²) >= 11 is 0. The van der Waals surface area contributed by atoms with Crippen LogP contribution < -0.4 is 5.32 Å². The zero-order chi connectivity index (χ0) is 68.4. The third-order valence-corrected chi connectivity index (χ3v) is 20.7. The Morgan fingerprint density at radius 2 is 0.526 bits per heavy atom. The smallest absolute Gasteiger partial charge is 0.305 e. The number of aliphatic hydroxyl groups is 2. The largest absolute Gasteiger partial charge is 0.466 e. The molecule has 0 aromatic carbocycles. The highest BCUT2D eigenvalue weighted by Crippen LogP contribution is 2.21. The summed E-state index contributed by atoms with van der Waals surface area (Å²) in [6.07, 6.45) is 111. The molecule has 2 atom stereocenters. The van der Waals surface area contributed by atoms with Gasteiger partial charge in [-0.25, -0.2) is 0 Å². The summed E-state index contributed by atoms with van der Waals surface area (Å²) in [5, 5.41) is 23.5. The number of carbonyl (C=O) groups is 2. The van der Waals surface area contributed by atoms with Gasteiger partial charge in [-0.05, 0) is 83.5 Å². The Balaban J connectivity index is 3.34. The van der Waals surface area contributed by atoms with Crippen LogP contribution in [0.2, 0.25) is 0 Å². The highest BCUT2D eigenvalue weighted by atomic mass is 16.5. The Hall–Kier alpha value is -1.92. The minimum atomic E-state index is -0.663.